The van der Waals surface area contributed by atoms with Crippen molar-refractivity contribution in [3.63, 3.8) is 0 Å². The topological polar surface area (TPSA) is 80.9 Å². The summed E-state index contributed by atoms with van der Waals surface area (Å²) < 4.78 is 1.45. The van der Waals surface area contributed by atoms with Gasteiger partial charge in [-0.2, -0.15) is 0 Å². The fraction of sp³-hybridized carbons (Fsp3) is 0. The van der Waals surface area contributed by atoms with Crippen LogP contribution in [-0.2, 0) is 0 Å². The molecule has 0 aliphatic rings. The Morgan fingerprint density at radius 1 is 1.29 bits per heavy atom. The first kappa shape index (κ1) is 8.36. The van der Waals surface area contributed by atoms with Gasteiger partial charge in [-0.3, -0.25) is 4.57 Å². The second-order valence-corrected chi connectivity index (χ2v) is 2.52. The molecule has 0 radical (unpaired) electrons. The van der Waals surface area contributed by atoms with E-state index in [4.69, 9.17) is 5.11 Å². The largest absolute Gasteiger partial charge is 0.476 e. The number of carboxylic acid groups (broad SMARTS) is 1. The highest BCUT2D eigenvalue weighted by atomic mass is 16.4. The summed E-state index contributed by atoms with van der Waals surface area (Å²) in [4.78, 5) is 22.1. The van der Waals surface area contributed by atoms with Gasteiger partial charge in [-0.05, 0) is 6.07 Å². The Kier molecular flexibility index (Phi) is 1.94. The van der Waals surface area contributed by atoms with Crippen molar-refractivity contribution in [3.05, 3.63) is 36.7 Å². The molecule has 70 valence electrons. The highest BCUT2D eigenvalue weighted by molar-refractivity contribution is 5.85. The number of hydrogen-bond donors (Lipinski definition) is 1. The van der Waals surface area contributed by atoms with Crippen molar-refractivity contribution >= 4 is 5.97 Å². The maximum atomic E-state index is 10.5. The number of rotatable bonds is 2. The van der Waals surface area contributed by atoms with E-state index in [0.29, 0.717) is 5.95 Å². The second-order valence-electron chi connectivity index (χ2n) is 2.52. The lowest BCUT2D eigenvalue weighted by Gasteiger charge is -1.95. The molecular weight excluding hydrogens is 184 g/mol. The Labute approximate surface area is 78.9 Å². The van der Waals surface area contributed by atoms with E-state index in [2.05, 4.69) is 15.0 Å². The standard InChI is InChI=1S/C8H6N4O2/c13-7(14)6-4-12(5-11-6)8-9-2-1-3-10-8/h1-5H,(H,13,14). The molecule has 0 bridgehead atoms. The van der Waals surface area contributed by atoms with Gasteiger partial charge in [0.25, 0.3) is 0 Å². The molecule has 0 aliphatic carbocycles. The molecule has 0 unspecified atom stereocenters. The van der Waals surface area contributed by atoms with E-state index in [9.17, 15) is 4.79 Å². The minimum Gasteiger partial charge on any atom is -0.476 e. The van der Waals surface area contributed by atoms with E-state index < -0.39 is 5.97 Å². The number of aromatic carboxylic acids is 1. The van der Waals surface area contributed by atoms with E-state index >= 15 is 0 Å². The van der Waals surface area contributed by atoms with Crippen LogP contribution in [0, 0.1) is 0 Å². The predicted octanol–water partition coefficient (Wildman–Crippen LogP) is 0.360. The summed E-state index contributed by atoms with van der Waals surface area (Å²) >= 11 is 0. The molecule has 2 heterocycles. The first-order valence-electron chi connectivity index (χ1n) is 3.82. The fourth-order valence-corrected chi connectivity index (χ4v) is 0.967. The van der Waals surface area contributed by atoms with Gasteiger partial charge in [0.1, 0.15) is 6.33 Å². The molecule has 14 heavy (non-hydrogen) atoms. The van der Waals surface area contributed by atoms with Crippen LogP contribution in [0.15, 0.2) is 31.0 Å². The van der Waals surface area contributed by atoms with Crippen LogP contribution in [0.2, 0.25) is 0 Å². The van der Waals surface area contributed by atoms with Crippen LogP contribution < -0.4 is 0 Å². The number of carboxylic acids is 1. The third kappa shape index (κ3) is 1.45. The smallest absolute Gasteiger partial charge is 0.356 e. The van der Waals surface area contributed by atoms with Crippen LogP contribution in [0.5, 0.6) is 0 Å². The maximum Gasteiger partial charge on any atom is 0.356 e. The van der Waals surface area contributed by atoms with Gasteiger partial charge in [-0.15, -0.1) is 0 Å². The first-order chi connectivity index (χ1) is 6.77. The lowest BCUT2D eigenvalue weighted by molar-refractivity contribution is 0.0691. The molecular formula is C8H6N4O2. The van der Waals surface area contributed by atoms with Crippen molar-refractivity contribution in [2.75, 3.05) is 0 Å². The van der Waals surface area contributed by atoms with Gasteiger partial charge < -0.3 is 5.11 Å². The predicted molar refractivity (Wildman–Crippen MR) is 46.1 cm³/mol. The second kappa shape index (κ2) is 3.25. The van der Waals surface area contributed by atoms with Crippen molar-refractivity contribution in [1.82, 2.24) is 19.5 Å². The molecule has 0 amide bonds. The normalized spacial score (nSPS) is 10.0. The van der Waals surface area contributed by atoms with Crippen molar-refractivity contribution in [1.29, 1.82) is 0 Å². The van der Waals surface area contributed by atoms with Gasteiger partial charge in [-0.1, -0.05) is 0 Å². The van der Waals surface area contributed by atoms with Crippen molar-refractivity contribution in [2.45, 2.75) is 0 Å². The van der Waals surface area contributed by atoms with Gasteiger partial charge >= 0.3 is 5.97 Å². The summed E-state index contributed by atoms with van der Waals surface area (Å²) in [6.45, 7) is 0. The zero-order valence-corrected chi connectivity index (χ0v) is 7.03. The van der Waals surface area contributed by atoms with Crippen LogP contribution >= 0.6 is 0 Å². The van der Waals surface area contributed by atoms with E-state index in [1.54, 1.807) is 18.5 Å². The highest BCUT2D eigenvalue weighted by Crippen LogP contribution is 2.01. The average molecular weight is 190 g/mol. The SMILES string of the molecule is O=C(O)c1cn(-c2ncccn2)cn1. The van der Waals surface area contributed by atoms with E-state index in [0.717, 1.165) is 0 Å². The zero-order chi connectivity index (χ0) is 9.97. The molecule has 2 aromatic heterocycles. The third-order valence-corrected chi connectivity index (χ3v) is 1.58. The molecule has 0 aromatic carbocycles. The minimum absolute atomic E-state index is 0.0301. The van der Waals surface area contributed by atoms with E-state index in [1.807, 2.05) is 0 Å². The first-order valence-corrected chi connectivity index (χ1v) is 3.82. The van der Waals surface area contributed by atoms with Crippen LogP contribution in [0.3, 0.4) is 0 Å². The number of hydrogen-bond acceptors (Lipinski definition) is 4. The quantitative estimate of drug-likeness (QED) is 0.739. The Morgan fingerprint density at radius 3 is 2.57 bits per heavy atom. The minimum atomic E-state index is -1.07. The Hall–Kier alpha value is -2.24. The molecule has 0 spiro atoms. The van der Waals surface area contributed by atoms with Crippen molar-refractivity contribution in [2.24, 2.45) is 0 Å². The van der Waals surface area contributed by atoms with Gasteiger partial charge in [-0.25, -0.2) is 19.7 Å². The molecule has 0 aliphatic heterocycles. The molecule has 6 heteroatoms. The number of nitrogens with zero attached hydrogens (tertiary/aromatic N) is 4. The van der Waals surface area contributed by atoms with Crippen molar-refractivity contribution in [3.8, 4) is 5.95 Å². The van der Waals surface area contributed by atoms with Crippen LogP contribution in [0.1, 0.15) is 10.5 Å². The molecule has 0 saturated heterocycles. The Balaban J connectivity index is 2.39. The summed E-state index contributed by atoms with van der Waals surface area (Å²) in [5.74, 6) is -0.674. The molecule has 0 atom stereocenters. The molecule has 1 N–H and O–H groups in total. The Bertz CT molecular complexity index is 451. The number of imidazole rings is 1. The van der Waals surface area contributed by atoms with Gasteiger partial charge in [0.15, 0.2) is 5.69 Å². The summed E-state index contributed by atoms with van der Waals surface area (Å²) in [7, 11) is 0. The van der Waals surface area contributed by atoms with E-state index in [1.165, 1.54) is 17.1 Å². The average Bonchev–Trinajstić information content (AvgIpc) is 2.68. The molecule has 0 fully saturated rings. The fourth-order valence-electron chi connectivity index (χ4n) is 0.967. The van der Waals surface area contributed by atoms with Crippen LogP contribution in [0.25, 0.3) is 5.95 Å². The van der Waals surface area contributed by atoms with Crippen molar-refractivity contribution < 1.29 is 9.90 Å². The van der Waals surface area contributed by atoms with Crippen LogP contribution in [-0.4, -0.2) is 30.6 Å². The summed E-state index contributed by atoms with van der Waals surface area (Å²) in [5, 5.41) is 8.63. The van der Waals surface area contributed by atoms with Crippen LogP contribution in [0.4, 0.5) is 0 Å². The Morgan fingerprint density at radius 2 is 2.00 bits per heavy atom. The summed E-state index contributed by atoms with van der Waals surface area (Å²) in [5.41, 5.74) is -0.0301. The lowest BCUT2D eigenvalue weighted by Crippen LogP contribution is -1.98. The monoisotopic (exact) mass is 190 g/mol. The molecule has 6 nitrogen and oxygen atoms in total. The van der Waals surface area contributed by atoms with Gasteiger partial charge in [0.2, 0.25) is 5.95 Å². The summed E-state index contributed by atoms with van der Waals surface area (Å²) in [6.07, 6.45) is 5.86. The van der Waals surface area contributed by atoms with Gasteiger partial charge in [0, 0.05) is 18.6 Å². The maximum absolute atomic E-state index is 10.5. The lowest BCUT2D eigenvalue weighted by atomic mass is 10.5. The van der Waals surface area contributed by atoms with Gasteiger partial charge in [0.05, 0.1) is 0 Å². The third-order valence-electron chi connectivity index (χ3n) is 1.58. The zero-order valence-electron chi connectivity index (χ0n) is 7.03. The number of carbonyl (C=O) groups is 1. The molecule has 2 rings (SSSR count). The summed E-state index contributed by atoms with van der Waals surface area (Å²) in [6, 6.07) is 1.68. The molecule has 2 aromatic rings. The highest BCUT2D eigenvalue weighted by Gasteiger charge is 2.07. The molecule has 0 saturated carbocycles. The van der Waals surface area contributed by atoms with E-state index in [-0.39, 0.29) is 5.69 Å². The number of aromatic nitrogens is 4.